The summed E-state index contributed by atoms with van der Waals surface area (Å²) in [6.07, 6.45) is 1.96. The zero-order valence-corrected chi connectivity index (χ0v) is 13.6. The van der Waals surface area contributed by atoms with Crippen molar-refractivity contribution in [2.45, 2.75) is 12.8 Å². The summed E-state index contributed by atoms with van der Waals surface area (Å²) in [6, 6.07) is 9.88. The van der Waals surface area contributed by atoms with Gasteiger partial charge in [-0.15, -0.1) is 0 Å². The van der Waals surface area contributed by atoms with E-state index in [0.717, 1.165) is 5.57 Å². The quantitative estimate of drug-likeness (QED) is 0.846. The normalized spacial score (nSPS) is 25.9. The molecule has 0 bridgehead atoms. The molecule has 1 aromatic heterocycles. The highest BCUT2D eigenvalue weighted by Gasteiger charge is 2.55. The minimum absolute atomic E-state index is 0.0288. The van der Waals surface area contributed by atoms with Gasteiger partial charge in [-0.2, -0.15) is 15.8 Å². The fourth-order valence-electron chi connectivity index (χ4n) is 3.75. The molecule has 24 heavy (non-hydrogen) atoms. The second kappa shape index (κ2) is 5.57. The molecule has 2 heterocycles. The van der Waals surface area contributed by atoms with Crippen LogP contribution in [-0.2, 0) is 0 Å². The molecule has 0 aromatic carbocycles. The van der Waals surface area contributed by atoms with Crippen molar-refractivity contribution in [1.82, 2.24) is 4.90 Å². The Labute approximate surface area is 140 Å². The Bertz CT molecular complexity index is 856. The highest BCUT2D eigenvalue weighted by Crippen LogP contribution is 2.54. The van der Waals surface area contributed by atoms with Gasteiger partial charge in [0.15, 0.2) is 5.41 Å². The first kappa shape index (κ1) is 15.9. The fourth-order valence-corrected chi connectivity index (χ4v) is 3.75. The molecule has 0 amide bonds. The molecule has 1 aromatic rings. The molecule has 0 unspecified atom stereocenters. The molecule has 0 saturated heterocycles. The van der Waals surface area contributed by atoms with E-state index < -0.39 is 11.3 Å². The van der Waals surface area contributed by atoms with Gasteiger partial charge in [0.2, 0.25) is 0 Å². The van der Waals surface area contributed by atoms with Gasteiger partial charge in [0.1, 0.15) is 17.6 Å². The number of rotatable bonds is 1. The smallest absolute Gasteiger partial charge is 0.194 e. The molecule has 6 nitrogen and oxygen atoms in total. The largest absolute Gasteiger partial charge is 0.466 e. The minimum atomic E-state index is -1.62. The Hall–Kier alpha value is -3.01. The third kappa shape index (κ3) is 2.03. The van der Waals surface area contributed by atoms with Gasteiger partial charge >= 0.3 is 0 Å². The number of likely N-dealkylation sites (N-methyl/N-ethyl adjacent to an activating group) is 1. The van der Waals surface area contributed by atoms with Crippen molar-refractivity contribution in [1.29, 1.82) is 15.8 Å². The number of hydrogen-bond acceptors (Lipinski definition) is 6. The molecule has 0 radical (unpaired) electrons. The lowest BCUT2D eigenvalue weighted by Gasteiger charge is -2.43. The molecule has 0 saturated carbocycles. The van der Waals surface area contributed by atoms with Crippen molar-refractivity contribution in [3.05, 3.63) is 46.6 Å². The number of nitrogens with two attached hydrogens (primary N) is 1. The van der Waals surface area contributed by atoms with E-state index in [1.165, 1.54) is 0 Å². The van der Waals surface area contributed by atoms with Crippen molar-refractivity contribution < 1.29 is 4.42 Å². The molecule has 1 aliphatic carbocycles. The van der Waals surface area contributed by atoms with E-state index >= 15 is 0 Å². The first-order valence-corrected chi connectivity index (χ1v) is 7.66. The van der Waals surface area contributed by atoms with Crippen molar-refractivity contribution in [2.24, 2.45) is 17.1 Å². The highest BCUT2D eigenvalue weighted by atomic mass is 16.3. The molecular weight excluding hydrogens is 302 g/mol. The van der Waals surface area contributed by atoms with Gasteiger partial charge < -0.3 is 15.1 Å². The maximum absolute atomic E-state index is 9.85. The number of furan rings is 1. The zero-order valence-electron chi connectivity index (χ0n) is 13.6. The summed E-state index contributed by atoms with van der Waals surface area (Å²) in [5.74, 6) is 0.516. The van der Waals surface area contributed by atoms with Crippen LogP contribution in [0.5, 0.6) is 0 Å². The topological polar surface area (TPSA) is 114 Å². The minimum Gasteiger partial charge on any atom is -0.466 e. The number of aryl methyl sites for hydroxylation is 1. The first-order chi connectivity index (χ1) is 11.5. The van der Waals surface area contributed by atoms with E-state index in [1.807, 2.05) is 26.1 Å². The summed E-state index contributed by atoms with van der Waals surface area (Å²) in [6.45, 7) is 3.14. The molecule has 2 N–H and O–H groups in total. The van der Waals surface area contributed by atoms with Gasteiger partial charge in [-0.3, -0.25) is 0 Å². The maximum Gasteiger partial charge on any atom is 0.194 e. The van der Waals surface area contributed by atoms with Gasteiger partial charge in [0.25, 0.3) is 0 Å². The summed E-state index contributed by atoms with van der Waals surface area (Å²) in [5, 5.41) is 29.3. The Morgan fingerprint density at radius 1 is 1.29 bits per heavy atom. The van der Waals surface area contributed by atoms with Crippen LogP contribution in [0.25, 0.3) is 0 Å². The van der Waals surface area contributed by atoms with Crippen molar-refractivity contribution >= 4 is 0 Å². The van der Waals surface area contributed by atoms with Gasteiger partial charge in [-0.25, -0.2) is 0 Å². The first-order valence-electron chi connectivity index (χ1n) is 7.66. The number of fused-ring (bicyclic) bond motifs is 1. The van der Waals surface area contributed by atoms with Crippen LogP contribution in [0.2, 0.25) is 0 Å². The monoisotopic (exact) mass is 319 g/mol. The second-order valence-electron chi connectivity index (χ2n) is 6.35. The van der Waals surface area contributed by atoms with E-state index in [0.29, 0.717) is 24.6 Å². The van der Waals surface area contributed by atoms with Crippen molar-refractivity contribution in [3.8, 4) is 18.2 Å². The molecular formula is C18H17N5O. The van der Waals surface area contributed by atoms with Crippen LogP contribution >= 0.6 is 0 Å². The third-order valence-corrected chi connectivity index (χ3v) is 4.91. The van der Waals surface area contributed by atoms with E-state index in [1.54, 1.807) is 6.07 Å². The Morgan fingerprint density at radius 3 is 2.54 bits per heavy atom. The lowest BCUT2D eigenvalue weighted by molar-refractivity contribution is 0.217. The maximum atomic E-state index is 9.85. The number of allylic oxidation sites excluding steroid dienone is 2. The van der Waals surface area contributed by atoms with Crippen LogP contribution in [0.4, 0.5) is 0 Å². The lowest BCUT2D eigenvalue weighted by atomic mass is 9.59. The number of hydrogen-bond donors (Lipinski definition) is 1. The average molecular weight is 319 g/mol. The predicted octanol–water partition coefficient (Wildman–Crippen LogP) is 1.94. The van der Waals surface area contributed by atoms with E-state index in [4.69, 9.17) is 10.2 Å². The van der Waals surface area contributed by atoms with Gasteiger partial charge in [-0.05, 0) is 31.7 Å². The van der Waals surface area contributed by atoms with Crippen LogP contribution in [0, 0.1) is 52.2 Å². The number of nitriles is 3. The lowest BCUT2D eigenvalue weighted by Crippen LogP contribution is -2.47. The van der Waals surface area contributed by atoms with Gasteiger partial charge in [0, 0.05) is 19.0 Å². The van der Waals surface area contributed by atoms with E-state index in [9.17, 15) is 15.8 Å². The summed E-state index contributed by atoms with van der Waals surface area (Å²) >= 11 is 0. The van der Waals surface area contributed by atoms with E-state index in [-0.39, 0.29) is 17.2 Å². The standard InChI is InChI=1S/C18H17N5O/c1-11-3-4-15(24-11)16-14-8-23(2)6-5-12(14)13(7-19)17(22)18(16,9-20)10-21/h3-5,14,16H,6,8,22H2,1-2H3/t14-,16-/m0/s1. The summed E-state index contributed by atoms with van der Waals surface area (Å²) in [5.41, 5.74) is 5.67. The summed E-state index contributed by atoms with van der Waals surface area (Å²) in [4.78, 5) is 2.09. The summed E-state index contributed by atoms with van der Waals surface area (Å²) in [7, 11) is 1.96. The predicted molar refractivity (Wildman–Crippen MR) is 85.7 cm³/mol. The molecule has 0 fully saturated rings. The molecule has 2 atom stereocenters. The van der Waals surface area contributed by atoms with Crippen LogP contribution in [0.15, 0.2) is 39.5 Å². The Kier molecular flexibility index (Phi) is 3.68. The average Bonchev–Trinajstić information content (AvgIpc) is 3.00. The molecule has 120 valence electrons. The molecule has 1 aliphatic heterocycles. The van der Waals surface area contributed by atoms with Gasteiger partial charge in [0.05, 0.1) is 29.3 Å². The molecule has 6 heteroatoms. The highest BCUT2D eigenvalue weighted by molar-refractivity contribution is 5.58. The van der Waals surface area contributed by atoms with Crippen molar-refractivity contribution in [3.63, 3.8) is 0 Å². The molecule has 2 aliphatic rings. The molecule has 3 rings (SSSR count). The van der Waals surface area contributed by atoms with Gasteiger partial charge in [-0.1, -0.05) is 6.08 Å². The number of nitrogens with zero attached hydrogens (tertiary/aromatic N) is 4. The molecule has 0 spiro atoms. The summed E-state index contributed by atoms with van der Waals surface area (Å²) < 4.78 is 5.77. The fraction of sp³-hybridized carbons (Fsp3) is 0.389. The second-order valence-corrected chi connectivity index (χ2v) is 6.35. The Balaban J connectivity index is 2.33. The SMILES string of the molecule is Cc1ccc([C@@H]2[C@H]3CN(C)CC=C3C(C#N)=C(N)C2(C#N)C#N)o1. The van der Waals surface area contributed by atoms with Crippen molar-refractivity contribution in [2.75, 3.05) is 20.1 Å². The van der Waals surface area contributed by atoms with Crippen LogP contribution in [0.3, 0.4) is 0 Å². The van der Waals surface area contributed by atoms with Crippen LogP contribution < -0.4 is 5.73 Å². The van der Waals surface area contributed by atoms with Crippen LogP contribution in [-0.4, -0.2) is 25.0 Å². The third-order valence-electron chi connectivity index (χ3n) is 4.91. The van der Waals surface area contributed by atoms with E-state index in [2.05, 4.69) is 23.1 Å². The zero-order chi connectivity index (χ0) is 17.5. The Morgan fingerprint density at radius 2 is 2.00 bits per heavy atom. The van der Waals surface area contributed by atoms with Crippen LogP contribution in [0.1, 0.15) is 17.4 Å².